The molecule has 2 aromatic carbocycles. The van der Waals surface area contributed by atoms with Crippen LogP contribution >= 0.6 is 23.4 Å². The minimum atomic E-state index is -0.292. The predicted molar refractivity (Wildman–Crippen MR) is 81.8 cm³/mol. The molecule has 1 N–H and O–H groups in total. The van der Waals surface area contributed by atoms with Crippen molar-refractivity contribution in [3.63, 3.8) is 0 Å². The van der Waals surface area contributed by atoms with Gasteiger partial charge in [0.05, 0.1) is 5.25 Å². The summed E-state index contributed by atoms with van der Waals surface area (Å²) in [7, 11) is 0. The van der Waals surface area contributed by atoms with Crippen LogP contribution in [0.2, 0.25) is 5.02 Å². The molecule has 104 valence electrons. The van der Waals surface area contributed by atoms with Crippen molar-refractivity contribution in [3.05, 3.63) is 59.4 Å². The molecule has 0 heterocycles. The van der Waals surface area contributed by atoms with Crippen molar-refractivity contribution < 1.29 is 9.18 Å². The van der Waals surface area contributed by atoms with E-state index < -0.39 is 0 Å². The lowest BCUT2D eigenvalue weighted by molar-refractivity contribution is -0.115. The Hall–Kier alpha value is -1.52. The molecule has 0 unspecified atom stereocenters. The van der Waals surface area contributed by atoms with Gasteiger partial charge in [-0.3, -0.25) is 4.79 Å². The van der Waals surface area contributed by atoms with Crippen molar-refractivity contribution in [3.8, 4) is 0 Å². The van der Waals surface area contributed by atoms with Gasteiger partial charge in [-0.2, -0.15) is 0 Å². The third kappa shape index (κ3) is 4.25. The minimum absolute atomic E-state index is 0.124. The molecule has 0 saturated heterocycles. The van der Waals surface area contributed by atoms with Gasteiger partial charge in [0.2, 0.25) is 5.91 Å². The number of nitrogens with one attached hydrogen (secondary N) is 1. The van der Waals surface area contributed by atoms with Crippen molar-refractivity contribution in [2.75, 3.05) is 5.32 Å². The van der Waals surface area contributed by atoms with Gasteiger partial charge in [0, 0.05) is 15.6 Å². The second kappa shape index (κ2) is 6.77. The van der Waals surface area contributed by atoms with Gasteiger partial charge < -0.3 is 5.32 Å². The van der Waals surface area contributed by atoms with Crippen LogP contribution in [0.15, 0.2) is 53.4 Å². The number of carbonyl (C=O) groups is 1. The molecule has 0 aliphatic carbocycles. The van der Waals surface area contributed by atoms with Crippen LogP contribution in [0.5, 0.6) is 0 Å². The quantitative estimate of drug-likeness (QED) is 0.836. The zero-order valence-electron chi connectivity index (χ0n) is 10.8. The second-order valence-electron chi connectivity index (χ2n) is 4.21. The molecular formula is C15H13ClFNOS. The lowest BCUT2D eigenvalue weighted by Gasteiger charge is -2.12. The topological polar surface area (TPSA) is 29.1 Å². The maximum Gasteiger partial charge on any atom is 0.237 e. The Kier molecular flexibility index (Phi) is 5.04. The lowest BCUT2D eigenvalue weighted by Crippen LogP contribution is -2.22. The van der Waals surface area contributed by atoms with E-state index in [9.17, 15) is 9.18 Å². The molecule has 0 aliphatic rings. The molecule has 5 heteroatoms. The van der Waals surface area contributed by atoms with Crippen LogP contribution in [-0.4, -0.2) is 11.2 Å². The number of rotatable bonds is 4. The largest absolute Gasteiger partial charge is 0.325 e. The lowest BCUT2D eigenvalue weighted by atomic mass is 10.3. The van der Waals surface area contributed by atoms with Gasteiger partial charge >= 0.3 is 0 Å². The first kappa shape index (κ1) is 14.9. The Morgan fingerprint density at radius 2 is 1.95 bits per heavy atom. The molecule has 2 nitrogen and oxygen atoms in total. The van der Waals surface area contributed by atoms with Gasteiger partial charge in [-0.1, -0.05) is 17.7 Å². The van der Waals surface area contributed by atoms with E-state index in [1.807, 2.05) is 0 Å². The maximum atomic E-state index is 12.8. The first-order valence-corrected chi connectivity index (χ1v) is 7.29. The third-order valence-corrected chi connectivity index (χ3v) is 3.93. The van der Waals surface area contributed by atoms with Crippen molar-refractivity contribution >= 4 is 35.0 Å². The molecular weight excluding hydrogens is 297 g/mol. The maximum absolute atomic E-state index is 12.8. The third-order valence-electron chi connectivity index (χ3n) is 2.59. The fourth-order valence-electron chi connectivity index (χ4n) is 1.58. The molecule has 0 saturated carbocycles. The van der Waals surface area contributed by atoms with Crippen molar-refractivity contribution in [1.82, 2.24) is 0 Å². The molecule has 0 radical (unpaired) electrons. The Balaban J connectivity index is 1.96. The Labute approximate surface area is 126 Å². The molecule has 0 fully saturated rings. The van der Waals surface area contributed by atoms with Crippen LogP contribution in [0, 0.1) is 5.82 Å². The standard InChI is InChI=1S/C15H13ClFNOS/c1-10(20-14-7-5-12(17)6-8-14)15(19)18-13-4-2-3-11(16)9-13/h2-10H,1H3,(H,18,19)/t10-/m1/s1. The van der Waals surface area contributed by atoms with E-state index in [1.54, 1.807) is 43.3 Å². The summed E-state index contributed by atoms with van der Waals surface area (Å²) in [4.78, 5) is 12.9. The summed E-state index contributed by atoms with van der Waals surface area (Å²) in [5.74, 6) is -0.410. The summed E-state index contributed by atoms with van der Waals surface area (Å²) in [6.45, 7) is 1.80. The van der Waals surface area contributed by atoms with Crippen LogP contribution in [0.4, 0.5) is 10.1 Å². The fourth-order valence-corrected chi connectivity index (χ4v) is 2.64. The zero-order chi connectivity index (χ0) is 14.5. The second-order valence-corrected chi connectivity index (χ2v) is 6.06. The van der Waals surface area contributed by atoms with Crippen LogP contribution in [-0.2, 0) is 4.79 Å². The molecule has 2 aromatic rings. The molecule has 0 aliphatic heterocycles. The average molecular weight is 310 g/mol. The first-order chi connectivity index (χ1) is 9.54. The van der Waals surface area contributed by atoms with Crippen molar-refractivity contribution in [2.45, 2.75) is 17.1 Å². The number of hydrogen-bond donors (Lipinski definition) is 1. The molecule has 1 amide bonds. The van der Waals surface area contributed by atoms with Crippen LogP contribution < -0.4 is 5.32 Å². The van der Waals surface area contributed by atoms with E-state index in [0.717, 1.165) is 4.90 Å². The zero-order valence-corrected chi connectivity index (χ0v) is 12.3. The molecule has 20 heavy (non-hydrogen) atoms. The van der Waals surface area contributed by atoms with Gasteiger partial charge in [-0.25, -0.2) is 4.39 Å². The number of amides is 1. The van der Waals surface area contributed by atoms with Gasteiger partial charge in [-0.15, -0.1) is 11.8 Å². The highest BCUT2D eigenvalue weighted by Gasteiger charge is 2.14. The van der Waals surface area contributed by atoms with E-state index in [-0.39, 0.29) is 17.0 Å². The monoisotopic (exact) mass is 309 g/mol. The SMILES string of the molecule is C[C@@H](Sc1ccc(F)cc1)C(=O)Nc1cccc(Cl)c1. The fraction of sp³-hybridized carbons (Fsp3) is 0.133. The van der Waals surface area contributed by atoms with E-state index in [2.05, 4.69) is 5.32 Å². The van der Waals surface area contributed by atoms with E-state index in [1.165, 1.54) is 23.9 Å². The van der Waals surface area contributed by atoms with E-state index in [4.69, 9.17) is 11.6 Å². The highest BCUT2D eigenvalue weighted by atomic mass is 35.5. The van der Waals surface area contributed by atoms with Gasteiger partial charge in [0.15, 0.2) is 0 Å². The summed E-state index contributed by atoms with van der Waals surface area (Å²) in [5.41, 5.74) is 0.661. The molecule has 1 atom stereocenters. The number of anilines is 1. The number of carbonyl (C=O) groups excluding carboxylic acids is 1. The molecule has 2 rings (SSSR count). The summed E-state index contributed by atoms with van der Waals surface area (Å²) < 4.78 is 12.8. The number of thioether (sulfide) groups is 1. The van der Waals surface area contributed by atoms with Crippen LogP contribution in [0.3, 0.4) is 0 Å². The van der Waals surface area contributed by atoms with Crippen LogP contribution in [0.1, 0.15) is 6.92 Å². The highest BCUT2D eigenvalue weighted by molar-refractivity contribution is 8.00. The van der Waals surface area contributed by atoms with Gasteiger partial charge in [0.1, 0.15) is 5.82 Å². The summed E-state index contributed by atoms with van der Waals surface area (Å²) >= 11 is 7.23. The van der Waals surface area contributed by atoms with E-state index >= 15 is 0 Å². The highest BCUT2D eigenvalue weighted by Crippen LogP contribution is 2.24. The normalized spacial score (nSPS) is 11.9. The molecule has 0 spiro atoms. The number of halogens is 2. The van der Waals surface area contributed by atoms with E-state index in [0.29, 0.717) is 10.7 Å². The van der Waals surface area contributed by atoms with Gasteiger partial charge in [0.25, 0.3) is 0 Å². The van der Waals surface area contributed by atoms with Crippen molar-refractivity contribution in [2.24, 2.45) is 0 Å². The summed E-state index contributed by atoms with van der Waals surface area (Å²) in [6.07, 6.45) is 0. The smallest absolute Gasteiger partial charge is 0.237 e. The first-order valence-electron chi connectivity index (χ1n) is 6.03. The molecule has 0 aromatic heterocycles. The Morgan fingerprint density at radius 3 is 2.60 bits per heavy atom. The van der Waals surface area contributed by atoms with Crippen molar-refractivity contribution in [1.29, 1.82) is 0 Å². The molecule has 0 bridgehead atoms. The summed E-state index contributed by atoms with van der Waals surface area (Å²) in [6, 6.07) is 13.1. The summed E-state index contributed by atoms with van der Waals surface area (Å²) in [5, 5.41) is 3.07. The Bertz CT molecular complexity index is 603. The number of benzene rings is 2. The van der Waals surface area contributed by atoms with Gasteiger partial charge in [-0.05, 0) is 49.4 Å². The Morgan fingerprint density at radius 1 is 1.25 bits per heavy atom. The number of hydrogen-bond acceptors (Lipinski definition) is 2. The minimum Gasteiger partial charge on any atom is -0.325 e. The average Bonchev–Trinajstić information content (AvgIpc) is 2.41. The predicted octanol–water partition coefficient (Wildman–Crippen LogP) is 4.60. The van der Waals surface area contributed by atoms with Crippen LogP contribution in [0.25, 0.3) is 0 Å².